The lowest BCUT2D eigenvalue weighted by Crippen LogP contribution is -2.48. The number of aryl methyl sites for hydroxylation is 1. The first-order valence-electron chi connectivity index (χ1n) is 10.2. The maximum atomic E-state index is 12.9. The fourth-order valence-corrected chi connectivity index (χ4v) is 4.62. The molecule has 1 fully saturated rings. The highest BCUT2D eigenvalue weighted by Gasteiger charge is 2.48. The van der Waals surface area contributed by atoms with Gasteiger partial charge in [0.2, 0.25) is 0 Å². The molecule has 0 unspecified atom stereocenters. The monoisotopic (exact) mass is 411 g/mol. The van der Waals surface area contributed by atoms with E-state index in [1.807, 2.05) is 56.3 Å². The maximum absolute atomic E-state index is 12.9. The Morgan fingerprint density at radius 3 is 2.45 bits per heavy atom. The van der Waals surface area contributed by atoms with Crippen molar-refractivity contribution in [2.45, 2.75) is 51.2 Å². The van der Waals surface area contributed by atoms with E-state index in [0.717, 1.165) is 35.1 Å². The lowest BCUT2D eigenvalue weighted by atomic mass is 9.79. The average Bonchev–Trinajstić information content (AvgIpc) is 2.95. The quantitative estimate of drug-likeness (QED) is 0.705. The van der Waals surface area contributed by atoms with Crippen molar-refractivity contribution in [3.63, 3.8) is 0 Å². The van der Waals surface area contributed by atoms with Gasteiger partial charge in [0.05, 0.1) is 17.2 Å². The van der Waals surface area contributed by atoms with Crippen molar-refractivity contribution >= 4 is 23.1 Å². The van der Waals surface area contributed by atoms with Gasteiger partial charge < -0.3 is 15.2 Å². The summed E-state index contributed by atoms with van der Waals surface area (Å²) in [6, 6.07) is 13.6. The number of ether oxygens (including phenoxy) is 1. The Hall–Kier alpha value is -2.30. The molecule has 1 saturated carbocycles. The Kier molecular flexibility index (Phi) is 5.41. The summed E-state index contributed by atoms with van der Waals surface area (Å²) in [6.07, 6.45) is 3.24. The topological polar surface area (TPSA) is 58.6 Å². The molecule has 1 aliphatic heterocycles. The van der Waals surface area contributed by atoms with Gasteiger partial charge in [-0.05, 0) is 80.0 Å². The van der Waals surface area contributed by atoms with Crippen molar-refractivity contribution in [1.29, 1.82) is 0 Å². The summed E-state index contributed by atoms with van der Waals surface area (Å²) >= 11 is 6.01. The van der Waals surface area contributed by atoms with Crippen molar-refractivity contribution < 1.29 is 14.6 Å². The third kappa shape index (κ3) is 3.67. The molecule has 0 saturated heterocycles. The summed E-state index contributed by atoms with van der Waals surface area (Å²) in [5.41, 5.74) is 3.46. The molecule has 0 bridgehead atoms. The van der Waals surface area contributed by atoms with Crippen LogP contribution in [0.1, 0.15) is 43.7 Å². The third-order valence-electron chi connectivity index (χ3n) is 6.14. The van der Waals surface area contributed by atoms with Gasteiger partial charge in [0.25, 0.3) is 5.91 Å². The van der Waals surface area contributed by atoms with Crippen LogP contribution < -0.4 is 5.32 Å². The van der Waals surface area contributed by atoms with Gasteiger partial charge >= 0.3 is 0 Å². The number of rotatable bonds is 4. The van der Waals surface area contributed by atoms with E-state index in [2.05, 4.69) is 5.32 Å². The summed E-state index contributed by atoms with van der Waals surface area (Å²) in [6.45, 7) is 4.65. The Labute approximate surface area is 176 Å². The molecule has 1 heterocycles. The molecule has 1 aliphatic carbocycles. The van der Waals surface area contributed by atoms with Crippen LogP contribution >= 0.6 is 11.6 Å². The summed E-state index contributed by atoms with van der Waals surface area (Å²) in [7, 11) is 0. The van der Waals surface area contributed by atoms with Crippen LogP contribution in [0.25, 0.3) is 16.7 Å². The molecule has 0 aromatic heterocycles. The predicted molar refractivity (Wildman–Crippen MR) is 116 cm³/mol. The van der Waals surface area contributed by atoms with Gasteiger partial charge in [-0.15, -0.1) is 0 Å². The molecule has 4 rings (SSSR count). The summed E-state index contributed by atoms with van der Waals surface area (Å²) in [5.74, 6) is -0.0254. The smallest absolute Gasteiger partial charge is 0.256 e. The van der Waals surface area contributed by atoms with E-state index in [-0.39, 0.29) is 17.8 Å². The standard InChI is InChI=1S/C24H26ClNO3/c1-3-29-19-10-12-24(13-11-19)22(27)21(23(28)26-24)20-14-17(5-4-15(20)2)16-6-8-18(25)9-7-16/h4-9,14,19,27H,3,10-13H2,1-2H3,(H,26,28). The minimum absolute atomic E-state index is 0.175. The van der Waals surface area contributed by atoms with E-state index in [1.54, 1.807) is 0 Å². The first-order valence-corrected chi connectivity index (χ1v) is 10.6. The largest absolute Gasteiger partial charge is 0.509 e. The molecule has 0 radical (unpaired) electrons. The summed E-state index contributed by atoms with van der Waals surface area (Å²) in [5, 5.41) is 14.9. The third-order valence-corrected chi connectivity index (χ3v) is 6.39. The Bertz CT molecular complexity index is 957. The second-order valence-electron chi connectivity index (χ2n) is 7.95. The van der Waals surface area contributed by atoms with Crippen LogP contribution in [0.2, 0.25) is 5.02 Å². The van der Waals surface area contributed by atoms with Crippen LogP contribution in [-0.2, 0) is 9.53 Å². The van der Waals surface area contributed by atoms with Crippen LogP contribution in [0.4, 0.5) is 0 Å². The molecule has 4 nitrogen and oxygen atoms in total. The maximum Gasteiger partial charge on any atom is 0.256 e. The number of carbonyl (C=O) groups is 1. The van der Waals surface area contributed by atoms with E-state index in [0.29, 0.717) is 30.0 Å². The number of aliphatic hydroxyl groups excluding tert-OH is 1. The highest BCUT2D eigenvalue weighted by atomic mass is 35.5. The number of carbonyl (C=O) groups excluding carboxylic acids is 1. The molecule has 29 heavy (non-hydrogen) atoms. The van der Waals surface area contributed by atoms with Crippen molar-refractivity contribution in [2.75, 3.05) is 6.61 Å². The van der Waals surface area contributed by atoms with Gasteiger partial charge in [-0.25, -0.2) is 0 Å². The number of halogens is 1. The summed E-state index contributed by atoms with van der Waals surface area (Å²) in [4.78, 5) is 12.9. The van der Waals surface area contributed by atoms with Crippen LogP contribution in [0.3, 0.4) is 0 Å². The fraction of sp³-hybridized carbons (Fsp3) is 0.375. The number of nitrogens with one attached hydrogen (secondary N) is 1. The molecule has 2 aliphatic rings. The zero-order valence-corrected chi connectivity index (χ0v) is 17.6. The fourth-order valence-electron chi connectivity index (χ4n) is 4.50. The van der Waals surface area contributed by atoms with Crippen molar-refractivity contribution in [3.05, 3.63) is 64.4 Å². The Morgan fingerprint density at radius 2 is 1.79 bits per heavy atom. The van der Waals surface area contributed by atoms with Gasteiger partial charge in [-0.2, -0.15) is 0 Å². The molecule has 1 spiro atoms. The second kappa shape index (κ2) is 7.85. The molecule has 1 amide bonds. The average molecular weight is 412 g/mol. The lowest BCUT2D eigenvalue weighted by molar-refractivity contribution is -0.116. The van der Waals surface area contributed by atoms with Crippen LogP contribution in [0.5, 0.6) is 0 Å². The number of hydrogen-bond acceptors (Lipinski definition) is 3. The number of benzene rings is 2. The minimum Gasteiger partial charge on any atom is -0.509 e. The van der Waals surface area contributed by atoms with E-state index >= 15 is 0 Å². The van der Waals surface area contributed by atoms with E-state index in [9.17, 15) is 9.90 Å². The normalized spacial score (nSPS) is 24.2. The van der Waals surface area contributed by atoms with E-state index in [1.165, 1.54) is 0 Å². The second-order valence-corrected chi connectivity index (χ2v) is 8.39. The number of aliphatic hydroxyl groups is 1. The Balaban J connectivity index is 1.70. The molecule has 152 valence electrons. The zero-order chi connectivity index (χ0) is 20.6. The van der Waals surface area contributed by atoms with Crippen molar-refractivity contribution in [3.8, 4) is 11.1 Å². The van der Waals surface area contributed by atoms with Gasteiger partial charge in [-0.1, -0.05) is 35.9 Å². The van der Waals surface area contributed by atoms with Crippen LogP contribution in [0.15, 0.2) is 48.2 Å². The molecular formula is C24H26ClNO3. The first kappa shape index (κ1) is 20.0. The van der Waals surface area contributed by atoms with E-state index < -0.39 is 5.54 Å². The van der Waals surface area contributed by atoms with Crippen molar-refractivity contribution in [1.82, 2.24) is 5.32 Å². The number of hydrogen-bond donors (Lipinski definition) is 2. The van der Waals surface area contributed by atoms with Gasteiger partial charge in [0, 0.05) is 11.6 Å². The minimum atomic E-state index is -0.664. The molecule has 2 aromatic rings. The van der Waals surface area contributed by atoms with Gasteiger partial charge in [0.1, 0.15) is 5.76 Å². The van der Waals surface area contributed by atoms with Crippen molar-refractivity contribution in [2.24, 2.45) is 0 Å². The van der Waals surface area contributed by atoms with Gasteiger partial charge in [-0.3, -0.25) is 4.79 Å². The highest BCUT2D eigenvalue weighted by Crippen LogP contribution is 2.43. The number of amides is 1. The highest BCUT2D eigenvalue weighted by molar-refractivity contribution is 6.30. The molecule has 2 aromatic carbocycles. The summed E-state index contributed by atoms with van der Waals surface area (Å²) < 4.78 is 5.73. The first-order chi connectivity index (χ1) is 13.9. The predicted octanol–water partition coefficient (Wildman–Crippen LogP) is 5.43. The molecular weight excluding hydrogens is 386 g/mol. The molecule has 5 heteroatoms. The lowest BCUT2D eigenvalue weighted by Gasteiger charge is -2.36. The molecule has 0 atom stereocenters. The van der Waals surface area contributed by atoms with Gasteiger partial charge in [0.15, 0.2) is 0 Å². The van der Waals surface area contributed by atoms with Crippen LogP contribution in [0, 0.1) is 6.92 Å². The SMILES string of the molecule is CCOC1CCC2(CC1)NC(=O)C(c1cc(-c3ccc(Cl)cc3)ccc1C)=C2O. The van der Waals surface area contributed by atoms with E-state index in [4.69, 9.17) is 16.3 Å². The van der Waals surface area contributed by atoms with Crippen LogP contribution in [-0.4, -0.2) is 29.3 Å². The molecule has 2 N–H and O–H groups in total. The zero-order valence-electron chi connectivity index (χ0n) is 16.8. The Morgan fingerprint density at radius 1 is 1.14 bits per heavy atom.